The van der Waals surface area contributed by atoms with Crippen molar-refractivity contribution in [1.29, 1.82) is 0 Å². The molecule has 2 N–H and O–H groups in total. The molecule has 2 aromatic heterocycles. The third-order valence-electron chi connectivity index (χ3n) is 6.47. The first-order chi connectivity index (χ1) is 19.5. The van der Waals surface area contributed by atoms with Crippen LogP contribution in [0.5, 0.6) is 5.88 Å². The van der Waals surface area contributed by atoms with Crippen molar-refractivity contribution in [2.75, 3.05) is 29.9 Å². The van der Waals surface area contributed by atoms with E-state index in [1.165, 1.54) is 30.4 Å². The lowest BCUT2D eigenvalue weighted by Crippen LogP contribution is -2.54. The van der Waals surface area contributed by atoms with Gasteiger partial charge in [-0.25, -0.2) is 27.6 Å². The number of benzene rings is 2. The Morgan fingerprint density at radius 2 is 1.88 bits per heavy atom. The number of nitrogens with one attached hydrogen (secondary N) is 2. The van der Waals surface area contributed by atoms with Crippen molar-refractivity contribution in [3.05, 3.63) is 76.8 Å². The summed E-state index contributed by atoms with van der Waals surface area (Å²) in [4.78, 5) is 36.2. The molecule has 0 bridgehead atoms. The molecule has 3 amide bonds. The molecule has 0 saturated carbocycles. The van der Waals surface area contributed by atoms with Crippen molar-refractivity contribution < 1.29 is 31.5 Å². The summed E-state index contributed by atoms with van der Waals surface area (Å²) in [6, 6.07) is 8.57. The molecule has 1 aliphatic rings. The summed E-state index contributed by atoms with van der Waals surface area (Å²) < 4.78 is 62.9. The van der Waals surface area contributed by atoms with Gasteiger partial charge in [0.25, 0.3) is 0 Å². The number of rotatable bonds is 8. The fraction of sp³-hybridized carbons (Fsp3) is 0.231. The van der Waals surface area contributed by atoms with E-state index in [4.69, 9.17) is 4.74 Å². The van der Waals surface area contributed by atoms with Crippen LogP contribution in [0, 0.1) is 11.6 Å². The molecule has 0 fully saturated rings. The van der Waals surface area contributed by atoms with Gasteiger partial charge in [0.05, 0.1) is 22.8 Å². The molecule has 1 aliphatic heterocycles. The Labute approximate surface area is 251 Å². The maximum Gasteiger partial charge on any atom is 0.330 e. The van der Waals surface area contributed by atoms with Gasteiger partial charge in [-0.15, -0.1) is 11.3 Å². The minimum Gasteiger partial charge on any atom is -0.481 e. The normalized spacial score (nSPS) is 13.2. The zero-order chi connectivity index (χ0) is 29.3. The number of methoxy groups -OCH3 is 1. The number of hydrogen-bond donors (Lipinski definition) is 2. The molecule has 1 atom stereocenters. The van der Waals surface area contributed by atoms with E-state index >= 15 is 0 Å². The zero-order valence-corrected chi connectivity index (χ0v) is 24.9. The van der Waals surface area contributed by atoms with E-state index in [9.17, 15) is 26.8 Å². The Morgan fingerprint density at radius 1 is 1.14 bits per heavy atom. The van der Waals surface area contributed by atoms with Crippen LogP contribution in [0.4, 0.5) is 25.1 Å². The highest BCUT2D eigenvalue weighted by Crippen LogP contribution is 2.30. The maximum absolute atomic E-state index is 13.9. The third kappa shape index (κ3) is 6.55. The van der Waals surface area contributed by atoms with Crippen LogP contribution in [0.2, 0.25) is 0 Å². The minimum absolute atomic E-state index is 0. The monoisotopic (exact) mass is 636 g/mol. The molecule has 222 valence electrons. The third-order valence-corrected chi connectivity index (χ3v) is 8.66. The van der Waals surface area contributed by atoms with Crippen LogP contribution in [0.15, 0.2) is 54.0 Å². The summed E-state index contributed by atoms with van der Waals surface area (Å²) in [5, 5.41) is 2.36. The fourth-order valence-electron chi connectivity index (χ4n) is 4.49. The smallest absolute Gasteiger partial charge is 0.330 e. The fourth-order valence-corrected chi connectivity index (χ4v) is 6.27. The van der Waals surface area contributed by atoms with Crippen LogP contribution in [-0.2, 0) is 27.8 Å². The zero-order valence-electron chi connectivity index (χ0n) is 22.3. The average molecular weight is 637 g/mol. The minimum atomic E-state index is -4.44. The summed E-state index contributed by atoms with van der Waals surface area (Å²) >= 11 is 1.43. The molecule has 4 aromatic rings. The second-order valence-electron chi connectivity index (χ2n) is 9.18. The molecule has 2 aromatic carbocycles. The lowest BCUT2D eigenvalue weighted by Gasteiger charge is -2.26. The van der Waals surface area contributed by atoms with Crippen molar-refractivity contribution in [2.24, 2.45) is 0 Å². The standard InChI is InChI=1S/C26H24F2N6O5S2.H2S/c1-33(19-4-5-22-20(13-19)29-14-40-22)25(35)21(11-15-9-17(27)12-18(28)10-15)30-26(36)32-41(37,38)34-8-7-16-3-6-23(39-2)31-24(16)34;/h3-6,9-10,12-14,21H,7-8,11H2,1-2H3,(H2,30,32,36);1H2/t21-;/m0./s1. The van der Waals surface area contributed by atoms with Gasteiger partial charge >= 0.3 is 16.2 Å². The first kappa shape index (κ1) is 30.9. The van der Waals surface area contributed by atoms with Crippen molar-refractivity contribution in [1.82, 2.24) is 20.0 Å². The second-order valence-corrected chi connectivity index (χ2v) is 11.7. The molecule has 0 saturated heterocycles. The first-order valence-electron chi connectivity index (χ1n) is 12.2. The van der Waals surface area contributed by atoms with Crippen LogP contribution in [0.25, 0.3) is 10.2 Å². The molecule has 0 unspecified atom stereocenters. The van der Waals surface area contributed by atoms with E-state index in [1.54, 1.807) is 35.8 Å². The lowest BCUT2D eigenvalue weighted by molar-refractivity contribution is -0.120. The van der Waals surface area contributed by atoms with E-state index in [1.807, 2.05) is 4.72 Å². The SMILES string of the molecule is COc1ccc2c(n1)N(S(=O)(=O)NC(=O)N[C@@H](Cc1cc(F)cc(F)c1)C(=O)N(C)c1ccc3scnc3c1)CC2.S. The Hall–Kier alpha value is -4.02. The predicted octanol–water partition coefficient (Wildman–Crippen LogP) is 3.27. The number of fused-ring (bicyclic) bond motifs is 2. The van der Waals surface area contributed by atoms with Gasteiger partial charge in [0, 0.05) is 37.8 Å². The average Bonchev–Trinajstić information content (AvgIpc) is 3.57. The highest BCUT2D eigenvalue weighted by Gasteiger charge is 2.34. The van der Waals surface area contributed by atoms with Crippen molar-refractivity contribution in [3.63, 3.8) is 0 Å². The number of carbonyl (C=O) groups is 2. The molecule has 0 aliphatic carbocycles. The Kier molecular flexibility index (Phi) is 9.18. The number of halogens is 2. The van der Waals surface area contributed by atoms with E-state index in [0.29, 0.717) is 29.3 Å². The van der Waals surface area contributed by atoms with Crippen LogP contribution in [0.1, 0.15) is 11.1 Å². The Balaban J connectivity index is 0.00000405. The molecule has 5 rings (SSSR count). The highest BCUT2D eigenvalue weighted by molar-refractivity contribution is 7.91. The number of amides is 3. The number of likely N-dealkylation sites (N-methyl/N-ethyl adjacent to an activating group) is 1. The molecule has 3 heterocycles. The van der Waals surface area contributed by atoms with Crippen molar-refractivity contribution in [3.8, 4) is 5.88 Å². The van der Waals surface area contributed by atoms with E-state index in [2.05, 4.69) is 15.3 Å². The molecular formula is C26H26F2N6O5S3. The number of urea groups is 1. The van der Waals surface area contributed by atoms with Gasteiger partial charge in [-0.3, -0.25) is 4.79 Å². The number of aromatic nitrogens is 2. The van der Waals surface area contributed by atoms with Gasteiger partial charge in [0.15, 0.2) is 5.82 Å². The van der Waals surface area contributed by atoms with E-state index in [0.717, 1.165) is 21.1 Å². The molecular weight excluding hydrogens is 611 g/mol. The van der Waals surface area contributed by atoms with Crippen LogP contribution in [-0.4, -0.2) is 57.1 Å². The van der Waals surface area contributed by atoms with E-state index < -0.39 is 39.8 Å². The number of hydrogen-bond acceptors (Lipinski definition) is 8. The van der Waals surface area contributed by atoms with Crippen molar-refractivity contribution in [2.45, 2.75) is 18.9 Å². The number of carbonyl (C=O) groups excluding carboxylic acids is 2. The molecule has 11 nitrogen and oxygen atoms in total. The number of anilines is 2. The molecule has 0 radical (unpaired) electrons. The van der Waals surface area contributed by atoms with Gasteiger partial charge in [0.2, 0.25) is 11.8 Å². The summed E-state index contributed by atoms with van der Waals surface area (Å²) in [5.74, 6) is -2.08. The highest BCUT2D eigenvalue weighted by atomic mass is 32.2. The lowest BCUT2D eigenvalue weighted by atomic mass is 10.0. The molecule has 42 heavy (non-hydrogen) atoms. The largest absolute Gasteiger partial charge is 0.481 e. The predicted molar refractivity (Wildman–Crippen MR) is 160 cm³/mol. The van der Waals surface area contributed by atoms with Crippen LogP contribution >= 0.6 is 24.8 Å². The number of ether oxygens (including phenoxy) is 1. The Bertz CT molecular complexity index is 1730. The number of nitrogens with zero attached hydrogens (tertiary/aromatic N) is 4. The summed E-state index contributed by atoms with van der Waals surface area (Å²) in [6.07, 6.45) is 0.0464. The van der Waals surface area contributed by atoms with E-state index in [-0.39, 0.29) is 43.7 Å². The Morgan fingerprint density at radius 3 is 2.60 bits per heavy atom. The van der Waals surface area contributed by atoms with Gasteiger partial charge in [0.1, 0.15) is 17.7 Å². The quantitative estimate of drug-likeness (QED) is 0.303. The number of pyridine rings is 1. The number of thiazole rings is 1. The van der Waals surface area contributed by atoms with Gasteiger partial charge in [-0.05, 0) is 53.9 Å². The van der Waals surface area contributed by atoms with Gasteiger partial charge in [-0.2, -0.15) is 26.9 Å². The maximum atomic E-state index is 13.9. The molecule has 0 spiro atoms. The van der Waals surface area contributed by atoms with Gasteiger partial charge < -0.3 is 15.0 Å². The van der Waals surface area contributed by atoms with Crippen LogP contribution < -0.4 is 24.0 Å². The van der Waals surface area contributed by atoms with Gasteiger partial charge in [-0.1, -0.05) is 0 Å². The summed E-state index contributed by atoms with van der Waals surface area (Å²) in [6.45, 7) is 0.0326. The first-order valence-corrected chi connectivity index (χ1v) is 14.6. The topological polar surface area (TPSA) is 134 Å². The summed E-state index contributed by atoms with van der Waals surface area (Å²) in [7, 11) is -1.59. The summed E-state index contributed by atoms with van der Waals surface area (Å²) in [5.41, 5.74) is 3.50. The molecule has 16 heteroatoms. The second kappa shape index (κ2) is 12.5. The van der Waals surface area contributed by atoms with Crippen LogP contribution in [0.3, 0.4) is 0 Å². The van der Waals surface area contributed by atoms with Crippen molar-refractivity contribution >= 4 is 68.7 Å².